The summed E-state index contributed by atoms with van der Waals surface area (Å²) in [7, 11) is 0. The zero-order valence-electron chi connectivity index (χ0n) is 7.27. The molecule has 0 fully saturated rings. The van der Waals surface area contributed by atoms with E-state index in [2.05, 4.69) is 4.98 Å². The predicted molar refractivity (Wildman–Crippen MR) is 56.8 cm³/mol. The van der Waals surface area contributed by atoms with Crippen molar-refractivity contribution >= 4 is 24.8 Å². The number of aromatic nitrogens is 2. The lowest BCUT2D eigenvalue weighted by Crippen LogP contribution is -2.23. The molecule has 0 aliphatic rings. The largest absolute Gasteiger partial charge is 0.329 e. The first kappa shape index (κ1) is 14.9. The first-order valence-corrected chi connectivity index (χ1v) is 3.47. The molecule has 1 heterocycles. The topological polar surface area (TPSA) is 60.9 Å². The molecule has 0 radical (unpaired) electrons. The van der Waals surface area contributed by atoms with Crippen molar-refractivity contribution in [3.63, 3.8) is 0 Å². The summed E-state index contributed by atoms with van der Waals surface area (Å²) in [4.78, 5) is 15.1. The normalized spacial score (nSPS) is 8.46. The Hall–Kier alpha value is -0.580. The van der Waals surface area contributed by atoms with Gasteiger partial charge < -0.3 is 5.73 Å². The molecule has 13 heavy (non-hydrogen) atoms. The SMILES string of the molecule is Cc1cc(=O)n(CCN)cn1.Cl.Cl. The Morgan fingerprint density at radius 1 is 1.54 bits per heavy atom. The molecular formula is C7H13Cl2N3O. The number of hydrogen-bond donors (Lipinski definition) is 1. The number of rotatable bonds is 2. The zero-order valence-corrected chi connectivity index (χ0v) is 8.90. The van der Waals surface area contributed by atoms with Gasteiger partial charge in [-0.1, -0.05) is 0 Å². The van der Waals surface area contributed by atoms with Crippen LogP contribution in [-0.4, -0.2) is 16.1 Å². The van der Waals surface area contributed by atoms with Gasteiger partial charge in [0.1, 0.15) is 0 Å². The van der Waals surface area contributed by atoms with Crippen LogP contribution in [0.2, 0.25) is 0 Å². The summed E-state index contributed by atoms with van der Waals surface area (Å²) in [6.45, 7) is 2.78. The summed E-state index contributed by atoms with van der Waals surface area (Å²) in [5.74, 6) is 0. The third kappa shape index (κ3) is 4.26. The molecule has 0 saturated heterocycles. The molecule has 0 unspecified atom stereocenters. The van der Waals surface area contributed by atoms with Crippen LogP contribution in [0.15, 0.2) is 17.2 Å². The van der Waals surface area contributed by atoms with Gasteiger partial charge in [-0.25, -0.2) is 4.98 Å². The summed E-state index contributed by atoms with van der Waals surface area (Å²) >= 11 is 0. The molecule has 0 saturated carbocycles. The Bertz CT molecular complexity index is 300. The highest BCUT2D eigenvalue weighted by Gasteiger charge is 1.93. The molecular weight excluding hydrogens is 213 g/mol. The Balaban J connectivity index is 0. The minimum absolute atomic E-state index is 0. The first-order chi connectivity index (χ1) is 5.24. The molecule has 0 aromatic carbocycles. The highest BCUT2D eigenvalue weighted by Crippen LogP contribution is 1.83. The van der Waals surface area contributed by atoms with Crippen molar-refractivity contribution in [2.75, 3.05) is 6.54 Å². The van der Waals surface area contributed by atoms with Crippen molar-refractivity contribution in [1.82, 2.24) is 9.55 Å². The quantitative estimate of drug-likeness (QED) is 0.791. The molecule has 1 aromatic rings. The van der Waals surface area contributed by atoms with Crippen LogP contribution in [-0.2, 0) is 6.54 Å². The van der Waals surface area contributed by atoms with Crippen LogP contribution in [0.5, 0.6) is 0 Å². The minimum atomic E-state index is -0.0389. The Morgan fingerprint density at radius 3 is 2.62 bits per heavy atom. The summed E-state index contributed by atoms with van der Waals surface area (Å²) in [5, 5.41) is 0. The maximum Gasteiger partial charge on any atom is 0.253 e. The molecule has 4 nitrogen and oxygen atoms in total. The van der Waals surface area contributed by atoms with Crippen LogP contribution >= 0.6 is 24.8 Å². The Kier molecular flexibility index (Phi) is 7.90. The van der Waals surface area contributed by atoms with Crippen LogP contribution in [0.3, 0.4) is 0 Å². The Morgan fingerprint density at radius 2 is 2.15 bits per heavy atom. The van der Waals surface area contributed by atoms with Gasteiger partial charge in [0.25, 0.3) is 5.56 Å². The average Bonchev–Trinajstić information content (AvgIpc) is 1.95. The van der Waals surface area contributed by atoms with Crippen molar-refractivity contribution in [1.29, 1.82) is 0 Å². The molecule has 76 valence electrons. The van der Waals surface area contributed by atoms with E-state index in [9.17, 15) is 4.79 Å². The molecule has 0 spiro atoms. The number of nitrogens with zero attached hydrogens (tertiary/aromatic N) is 2. The van der Waals surface area contributed by atoms with Gasteiger partial charge in [-0.3, -0.25) is 9.36 Å². The lowest BCUT2D eigenvalue weighted by Gasteiger charge is -2.00. The van der Waals surface area contributed by atoms with Gasteiger partial charge in [-0.2, -0.15) is 0 Å². The molecule has 0 aliphatic heterocycles. The van der Waals surface area contributed by atoms with Gasteiger partial charge in [-0.15, -0.1) is 24.8 Å². The van der Waals surface area contributed by atoms with Gasteiger partial charge in [-0.05, 0) is 6.92 Å². The smallest absolute Gasteiger partial charge is 0.253 e. The van der Waals surface area contributed by atoms with Crippen molar-refractivity contribution in [2.45, 2.75) is 13.5 Å². The van der Waals surface area contributed by atoms with Gasteiger partial charge in [0.15, 0.2) is 0 Å². The van der Waals surface area contributed by atoms with Crippen molar-refractivity contribution in [2.24, 2.45) is 5.73 Å². The predicted octanol–water partition coefficient (Wildman–Crippen LogP) is 0.354. The number of hydrogen-bond acceptors (Lipinski definition) is 3. The average molecular weight is 226 g/mol. The molecule has 1 aromatic heterocycles. The van der Waals surface area contributed by atoms with Gasteiger partial charge in [0.2, 0.25) is 0 Å². The summed E-state index contributed by atoms with van der Waals surface area (Å²) in [6, 6.07) is 1.50. The zero-order chi connectivity index (χ0) is 8.27. The highest BCUT2D eigenvalue weighted by molar-refractivity contribution is 5.85. The fraction of sp³-hybridized carbons (Fsp3) is 0.429. The van der Waals surface area contributed by atoms with E-state index < -0.39 is 0 Å². The molecule has 2 N–H and O–H groups in total. The lowest BCUT2D eigenvalue weighted by molar-refractivity contribution is 0.662. The third-order valence-electron chi connectivity index (χ3n) is 1.39. The molecule has 0 amide bonds. The molecule has 0 bridgehead atoms. The standard InChI is InChI=1S/C7H11N3O.2ClH/c1-6-4-7(11)10(3-2-8)5-9-6;;/h4-5H,2-3,8H2,1H3;2*1H. The third-order valence-corrected chi connectivity index (χ3v) is 1.39. The van der Waals surface area contributed by atoms with Crippen LogP contribution in [0.4, 0.5) is 0 Å². The second-order valence-electron chi connectivity index (χ2n) is 2.35. The van der Waals surface area contributed by atoms with E-state index in [1.165, 1.54) is 17.0 Å². The van der Waals surface area contributed by atoms with E-state index in [4.69, 9.17) is 5.73 Å². The highest BCUT2D eigenvalue weighted by atomic mass is 35.5. The van der Waals surface area contributed by atoms with Crippen LogP contribution in [0.1, 0.15) is 5.69 Å². The van der Waals surface area contributed by atoms with Crippen molar-refractivity contribution in [3.05, 3.63) is 28.4 Å². The number of halogens is 2. The van der Waals surface area contributed by atoms with Crippen molar-refractivity contribution in [3.8, 4) is 0 Å². The first-order valence-electron chi connectivity index (χ1n) is 3.47. The van der Waals surface area contributed by atoms with Gasteiger partial charge in [0, 0.05) is 24.8 Å². The summed E-state index contributed by atoms with van der Waals surface area (Å²) in [5.41, 5.74) is 5.98. The van der Waals surface area contributed by atoms with E-state index >= 15 is 0 Å². The van der Waals surface area contributed by atoms with E-state index in [1.807, 2.05) is 0 Å². The fourth-order valence-corrected chi connectivity index (χ4v) is 0.824. The minimum Gasteiger partial charge on any atom is -0.329 e. The van der Waals surface area contributed by atoms with Gasteiger partial charge >= 0.3 is 0 Å². The van der Waals surface area contributed by atoms with E-state index in [1.54, 1.807) is 6.92 Å². The number of nitrogens with two attached hydrogens (primary N) is 1. The molecule has 0 aliphatic carbocycles. The summed E-state index contributed by atoms with van der Waals surface area (Å²) < 4.78 is 1.49. The van der Waals surface area contributed by atoms with Gasteiger partial charge in [0.05, 0.1) is 6.33 Å². The fourth-order valence-electron chi connectivity index (χ4n) is 0.824. The lowest BCUT2D eigenvalue weighted by atomic mass is 10.4. The van der Waals surface area contributed by atoms with Crippen LogP contribution < -0.4 is 11.3 Å². The van der Waals surface area contributed by atoms with E-state index in [0.717, 1.165) is 5.69 Å². The monoisotopic (exact) mass is 225 g/mol. The molecule has 0 atom stereocenters. The second-order valence-corrected chi connectivity index (χ2v) is 2.35. The maximum atomic E-state index is 11.1. The molecule has 1 rings (SSSR count). The van der Waals surface area contributed by atoms with Crippen LogP contribution in [0.25, 0.3) is 0 Å². The van der Waals surface area contributed by atoms with Crippen molar-refractivity contribution < 1.29 is 0 Å². The van der Waals surface area contributed by atoms with E-state index in [0.29, 0.717) is 13.1 Å². The van der Waals surface area contributed by atoms with E-state index in [-0.39, 0.29) is 30.4 Å². The Labute approximate surface area is 89.0 Å². The molecule has 6 heteroatoms. The second kappa shape index (κ2) is 6.88. The number of aryl methyl sites for hydroxylation is 1. The maximum absolute atomic E-state index is 11.1. The van der Waals surface area contributed by atoms with Crippen LogP contribution in [0, 0.1) is 6.92 Å². The summed E-state index contributed by atoms with van der Waals surface area (Å²) in [6.07, 6.45) is 1.52.